The minimum Gasteiger partial charge on any atom is -0.476 e. The summed E-state index contributed by atoms with van der Waals surface area (Å²) >= 11 is 4.83. The molecule has 1 N–H and O–H groups in total. The predicted molar refractivity (Wildman–Crippen MR) is 89.2 cm³/mol. The topological polar surface area (TPSA) is 76.0 Å². The van der Waals surface area contributed by atoms with Crippen LogP contribution in [-0.4, -0.2) is 32.3 Å². The van der Waals surface area contributed by atoms with Gasteiger partial charge in [-0.05, 0) is 24.0 Å². The first-order valence-corrected chi connectivity index (χ1v) is 8.32. The summed E-state index contributed by atoms with van der Waals surface area (Å²) in [5, 5.41) is 10.7. The number of rotatable bonds is 3. The van der Waals surface area contributed by atoms with Crippen LogP contribution in [0.1, 0.15) is 10.5 Å². The molecule has 5 nitrogen and oxygen atoms in total. The summed E-state index contributed by atoms with van der Waals surface area (Å²) in [4.78, 5) is 24.3. The summed E-state index contributed by atoms with van der Waals surface area (Å²) in [5.41, 5.74) is 1.66. The second kappa shape index (κ2) is 6.02. The van der Waals surface area contributed by atoms with Gasteiger partial charge in [-0.15, -0.1) is 0 Å². The highest BCUT2D eigenvalue weighted by Crippen LogP contribution is 2.32. The third-order valence-corrected chi connectivity index (χ3v) is 4.35. The summed E-state index contributed by atoms with van der Waals surface area (Å²) in [6.07, 6.45) is 3.52. The van der Waals surface area contributed by atoms with Gasteiger partial charge in [-0.25, -0.2) is 19.7 Å². The van der Waals surface area contributed by atoms with E-state index in [-0.39, 0.29) is 5.69 Å². The van der Waals surface area contributed by atoms with Crippen LogP contribution in [0.25, 0.3) is 22.2 Å². The van der Waals surface area contributed by atoms with Crippen LogP contribution in [0, 0.1) is 0 Å². The van der Waals surface area contributed by atoms with Crippen LogP contribution >= 0.6 is 27.7 Å². The maximum atomic E-state index is 11.6. The Kier molecular flexibility index (Phi) is 4.08. The molecule has 3 rings (SSSR count). The molecule has 2 heterocycles. The van der Waals surface area contributed by atoms with Crippen molar-refractivity contribution in [3.05, 3.63) is 46.7 Å². The van der Waals surface area contributed by atoms with Crippen LogP contribution in [0.3, 0.4) is 0 Å². The van der Waals surface area contributed by atoms with Gasteiger partial charge in [0, 0.05) is 21.6 Å². The highest BCUT2D eigenvalue weighted by atomic mass is 79.9. The molecule has 0 aliphatic carbocycles. The molecule has 7 heteroatoms. The number of carboxylic acid groups (broad SMARTS) is 1. The number of hydrogen-bond acceptors (Lipinski definition) is 5. The number of fused-ring (bicyclic) bond motifs is 1. The zero-order valence-electron chi connectivity index (χ0n) is 11.4. The van der Waals surface area contributed by atoms with Gasteiger partial charge in [-0.3, -0.25) is 0 Å². The van der Waals surface area contributed by atoms with Crippen molar-refractivity contribution in [2.24, 2.45) is 0 Å². The molecule has 0 unspecified atom stereocenters. The second-order valence-corrected chi connectivity index (χ2v) is 6.07. The number of aromatic carboxylic acids is 1. The molecule has 0 spiro atoms. The summed E-state index contributed by atoms with van der Waals surface area (Å²) < 4.78 is 0.806. The lowest BCUT2D eigenvalue weighted by Crippen LogP contribution is -2.05. The van der Waals surface area contributed by atoms with Gasteiger partial charge in [0.1, 0.15) is 0 Å². The average molecular weight is 376 g/mol. The van der Waals surface area contributed by atoms with Gasteiger partial charge >= 0.3 is 5.97 Å². The maximum Gasteiger partial charge on any atom is 0.355 e. The van der Waals surface area contributed by atoms with Gasteiger partial charge in [0.15, 0.2) is 16.5 Å². The largest absolute Gasteiger partial charge is 0.476 e. The van der Waals surface area contributed by atoms with Crippen molar-refractivity contribution >= 4 is 44.7 Å². The lowest BCUT2D eigenvalue weighted by atomic mass is 10.0. The molecule has 22 heavy (non-hydrogen) atoms. The minimum atomic E-state index is -1.09. The van der Waals surface area contributed by atoms with Gasteiger partial charge in [0.25, 0.3) is 0 Å². The number of aromatic nitrogens is 3. The van der Waals surface area contributed by atoms with Crippen LogP contribution in [-0.2, 0) is 0 Å². The Hall–Kier alpha value is -1.99. The van der Waals surface area contributed by atoms with E-state index in [4.69, 9.17) is 0 Å². The van der Waals surface area contributed by atoms with E-state index in [0.717, 1.165) is 10.0 Å². The van der Waals surface area contributed by atoms with Crippen molar-refractivity contribution < 1.29 is 9.90 Å². The first-order valence-electron chi connectivity index (χ1n) is 6.30. The highest BCUT2D eigenvalue weighted by Gasteiger charge is 2.17. The lowest BCUT2D eigenvalue weighted by Gasteiger charge is -2.09. The predicted octanol–water partition coefficient (Wildman–Crippen LogP) is 3.87. The third kappa shape index (κ3) is 2.69. The molecule has 0 saturated carbocycles. The number of carbonyl (C=O) groups is 1. The zero-order chi connectivity index (χ0) is 15.7. The number of nitrogens with zero attached hydrogens (tertiary/aromatic N) is 3. The molecule has 0 aliphatic rings. The summed E-state index contributed by atoms with van der Waals surface area (Å²) in [5.74, 6) is -1.09. The molecule has 110 valence electrons. The van der Waals surface area contributed by atoms with Gasteiger partial charge in [-0.2, -0.15) is 0 Å². The van der Waals surface area contributed by atoms with E-state index in [2.05, 4.69) is 30.9 Å². The van der Waals surface area contributed by atoms with Crippen LogP contribution in [0.5, 0.6) is 0 Å². The summed E-state index contributed by atoms with van der Waals surface area (Å²) in [7, 11) is 0. The number of hydrogen-bond donors (Lipinski definition) is 1. The standard InChI is InChI=1S/C15H10BrN3O2S/c1-22-15-17-7-8-6-10(9-4-2-3-5-11(9)16)12(14(20)21)18-13(8)19-15/h2-7H,1H3,(H,20,21). The summed E-state index contributed by atoms with van der Waals surface area (Å²) in [6, 6.07) is 9.19. The first kappa shape index (κ1) is 14.9. The van der Waals surface area contributed by atoms with Crippen LogP contribution < -0.4 is 0 Å². The van der Waals surface area contributed by atoms with Crippen molar-refractivity contribution in [3.63, 3.8) is 0 Å². The number of thioether (sulfide) groups is 1. The minimum absolute atomic E-state index is 0.0230. The van der Waals surface area contributed by atoms with Gasteiger partial charge in [0.05, 0.1) is 0 Å². The third-order valence-electron chi connectivity index (χ3n) is 3.10. The fourth-order valence-electron chi connectivity index (χ4n) is 2.09. The average Bonchev–Trinajstić information content (AvgIpc) is 2.53. The van der Waals surface area contributed by atoms with E-state index in [1.807, 2.05) is 30.5 Å². The lowest BCUT2D eigenvalue weighted by molar-refractivity contribution is 0.0692. The molecule has 3 aromatic rings. The number of halogens is 1. The molecular formula is C15H10BrN3O2S. The molecule has 0 radical (unpaired) electrons. The fraction of sp³-hybridized carbons (Fsp3) is 0.0667. The molecule has 0 amide bonds. The number of benzene rings is 1. The maximum absolute atomic E-state index is 11.6. The normalized spacial score (nSPS) is 10.8. The van der Waals surface area contributed by atoms with Gasteiger partial charge in [0.2, 0.25) is 0 Å². The molecule has 1 aromatic carbocycles. The first-order chi connectivity index (χ1) is 10.6. The van der Waals surface area contributed by atoms with Gasteiger partial charge < -0.3 is 5.11 Å². The van der Waals surface area contributed by atoms with Crippen LogP contribution in [0.4, 0.5) is 0 Å². The number of pyridine rings is 1. The van der Waals surface area contributed by atoms with E-state index in [9.17, 15) is 9.90 Å². The Labute approximate surface area is 139 Å². The Bertz CT molecular complexity index is 886. The fourth-order valence-corrected chi connectivity index (χ4v) is 2.93. The SMILES string of the molecule is CSc1ncc2cc(-c3ccccc3Br)c(C(=O)O)nc2n1. The van der Waals surface area contributed by atoms with Crippen molar-refractivity contribution in [2.45, 2.75) is 5.16 Å². The van der Waals surface area contributed by atoms with Crippen molar-refractivity contribution in [3.8, 4) is 11.1 Å². The molecule has 0 saturated heterocycles. The number of carboxylic acids is 1. The van der Waals surface area contributed by atoms with E-state index < -0.39 is 5.97 Å². The monoisotopic (exact) mass is 375 g/mol. The Morgan fingerprint density at radius 2 is 2.00 bits per heavy atom. The van der Waals surface area contributed by atoms with Crippen molar-refractivity contribution in [2.75, 3.05) is 6.26 Å². The Morgan fingerprint density at radius 3 is 2.68 bits per heavy atom. The molecule has 0 bridgehead atoms. The van der Waals surface area contributed by atoms with E-state index in [1.165, 1.54) is 11.8 Å². The molecule has 0 fully saturated rings. The van der Waals surface area contributed by atoms with Crippen molar-refractivity contribution in [1.82, 2.24) is 15.0 Å². The van der Waals surface area contributed by atoms with Crippen LogP contribution in [0.15, 0.2) is 46.2 Å². The smallest absolute Gasteiger partial charge is 0.355 e. The van der Waals surface area contributed by atoms with E-state index in [0.29, 0.717) is 21.8 Å². The molecule has 0 atom stereocenters. The second-order valence-electron chi connectivity index (χ2n) is 4.44. The van der Waals surface area contributed by atoms with Gasteiger partial charge in [-0.1, -0.05) is 45.9 Å². The summed E-state index contributed by atoms with van der Waals surface area (Å²) in [6.45, 7) is 0. The van der Waals surface area contributed by atoms with Crippen molar-refractivity contribution in [1.29, 1.82) is 0 Å². The molecule has 2 aromatic heterocycles. The molecule has 0 aliphatic heterocycles. The quantitative estimate of drug-likeness (QED) is 0.552. The highest BCUT2D eigenvalue weighted by molar-refractivity contribution is 9.10. The Morgan fingerprint density at radius 1 is 1.23 bits per heavy atom. The van der Waals surface area contributed by atoms with Crippen LogP contribution in [0.2, 0.25) is 0 Å². The zero-order valence-corrected chi connectivity index (χ0v) is 13.8. The Balaban J connectivity index is 2.31. The molecular weight excluding hydrogens is 366 g/mol. The van der Waals surface area contributed by atoms with E-state index >= 15 is 0 Å². The van der Waals surface area contributed by atoms with E-state index in [1.54, 1.807) is 12.3 Å².